The largest absolute Gasteiger partial charge is 0.459 e. The maximum Gasteiger partial charge on any atom is 0.459 e. The van der Waals surface area contributed by atoms with Crippen LogP contribution in [0.15, 0.2) is 24.3 Å². The fraction of sp³-hybridized carbons (Fsp3) is 0.647. The third-order valence-corrected chi connectivity index (χ3v) is 4.16. The molecule has 0 radical (unpaired) electrons. The van der Waals surface area contributed by atoms with E-state index in [0.717, 1.165) is 14.0 Å². The van der Waals surface area contributed by atoms with Crippen LogP contribution in [0.4, 0.5) is 30.7 Å². The first-order valence-corrected chi connectivity index (χ1v) is 7.46. The molecular weight excluding hydrogens is 353 g/mol. The predicted octanol–water partition coefficient (Wildman–Crippen LogP) is 6.07. The first-order chi connectivity index (χ1) is 11.0. The third kappa shape index (κ3) is 4.27. The van der Waals surface area contributed by atoms with Crippen molar-refractivity contribution < 1.29 is 35.5 Å². The van der Waals surface area contributed by atoms with Crippen molar-refractivity contribution >= 4 is 0 Å². The number of alkyl halides is 7. The van der Waals surface area contributed by atoms with Gasteiger partial charge in [0.1, 0.15) is 0 Å². The summed E-state index contributed by atoms with van der Waals surface area (Å²) in [6.07, 6.45) is -8.19. The van der Waals surface area contributed by atoms with E-state index >= 15 is 0 Å². The third-order valence-electron chi connectivity index (χ3n) is 4.16. The van der Waals surface area contributed by atoms with Gasteiger partial charge in [0.15, 0.2) is 0 Å². The molecule has 1 rings (SSSR count). The highest BCUT2D eigenvalue weighted by atomic mass is 19.4. The van der Waals surface area contributed by atoms with Gasteiger partial charge in [0.25, 0.3) is 0 Å². The van der Waals surface area contributed by atoms with E-state index in [9.17, 15) is 30.7 Å². The summed E-state index contributed by atoms with van der Waals surface area (Å²) >= 11 is 0. The Morgan fingerprint density at radius 1 is 0.840 bits per heavy atom. The molecule has 1 nitrogen and oxygen atoms in total. The standard InChI is InChI=1S/C17H21F7O/c1-13(2,3)11-7-6-8-12(9-11)14(4,25-5)10-15(18,19)16(20,21)17(22,23)24/h6-9H,10H2,1-5H3. The molecule has 0 aliphatic heterocycles. The second kappa shape index (κ2) is 6.45. The quantitative estimate of drug-likeness (QED) is 0.569. The van der Waals surface area contributed by atoms with Crippen molar-refractivity contribution in [3.05, 3.63) is 35.4 Å². The minimum Gasteiger partial charge on any atom is -0.374 e. The van der Waals surface area contributed by atoms with Crippen LogP contribution >= 0.6 is 0 Å². The average molecular weight is 374 g/mol. The van der Waals surface area contributed by atoms with E-state index < -0.39 is 30.0 Å². The number of hydrogen-bond donors (Lipinski definition) is 0. The summed E-state index contributed by atoms with van der Waals surface area (Å²) in [5.74, 6) is -11.5. The zero-order valence-electron chi connectivity index (χ0n) is 14.6. The van der Waals surface area contributed by atoms with Crippen LogP contribution in [0.1, 0.15) is 45.2 Å². The molecule has 0 bridgehead atoms. The average Bonchev–Trinajstić information content (AvgIpc) is 2.44. The van der Waals surface area contributed by atoms with Crippen LogP contribution in [0.5, 0.6) is 0 Å². The highest BCUT2D eigenvalue weighted by Crippen LogP contribution is 2.51. The Bertz CT molecular complexity index is 602. The van der Waals surface area contributed by atoms with Crippen LogP contribution in [-0.4, -0.2) is 25.1 Å². The molecule has 0 heterocycles. The maximum atomic E-state index is 13.8. The van der Waals surface area contributed by atoms with Gasteiger partial charge in [0, 0.05) is 7.11 Å². The first kappa shape index (κ1) is 21.7. The molecule has 0 aliphatic rings. The van der Waals surface area contributed by atoms with Crippen molar-refractivity contribution in [3.63, 3.8) is 0 Å². The normalized spacial score (nSPS) is 16.6. The summed E-state index contributed by atoms with van der Waals surface area (Å²) in [5, 5.41) is 0. The van der Waals surface area contributed by atoms with E-state index in [1.807, 2.05) is 20.8 Å². The van der Waals surface area contributed by atoms with E-state index in [-0.39, 0.29) is 11.0 Å². The molecule has 0 aromatic heterocycles. The zero-order valence-corrected chi connectivity index (χ0v) is 14.6. The summed E-state index contributed by atoms with van der Waals surface area (Å²) < 4.78 is 96.2. The molecule has 1 aromatic rings. The molecule has 25 heavy (non-hydrogen) atoms. The van der Waals surface area contributed by atoms with Gasteiger partial charge in [-0.05, 0) is 23.5 Å². The van der Waals surface area contributed by atoms with Gasteiger partial charge in [0.2, 0.25) is 0 Å². The van der Waals surface area contributed by atoms with Gasteiger partial charge in [-0.1, -0.05) is 45.0 Å². The van der Waals surface area contributed by atoms with Crippen LogP contribution in [0.25, 0.3) is 0 Å². The first-order valence-electron chi connectivity index (χ1n) is 7.46. The molecule has 0 amide bonds. The lowest BCUT2D eigenvalue weighted by molar-refractivity contribution is -0.361. The fourth-order valence-electron chi connectivity index (χ4n) is 2.35. The van der Waals surface area contributed by atoms with Crippen molar-refractivity contribution in [1.82, 2.24) is 0 Å². The Morgan fingerprint density at radius 2 is 1.32 bits per heavy atom. The van der Waals surface area contributed by atoms with Crippen LogP contribution in [-0.2, 0) is 15.8 Å². The monoisotopic (exact) mass is 374 g/mol. The van der Waals surface area contributed by atoms with Crippen molar-refractivity contribution in [1.29, 1.82) is 0 Å². The highest BCUT2D eigenvalue weighted by Gasteiger charge is 2.73. The molecule has 0 spiro atoms. The Labute approximate surface area is 142 Å². The molecule has 0 saturated carbocycles. The summed E-state index contributed by atoms with van der Waals surface area (Å²) in [6.45, 7) is 6.61. The van der Waals surface area contributed by atoms with Crippen molar-refractivity contribution in [2.24, 2.45) is 0 Å². The smallest absolute Gasteiger partial charge is 0.374 e. The number of ether oxygens (including phenoxy) is 1. The van der Waals surface area contributed by atoms with Gasteiger partial charge in [-0.25, -0.2) is 0 Å². The SMILES string of the molecule is COC(C)(CC(F)(F)C(F)(F)C(F)(F)F)c1cccc(C(C)(C)C)c1. The lowest BCUT2D eigenvalue weighted by Gasteiger charge is -2.36. The Morgan fingerprint density at radius 3 is 1.72 bits per heavy atom. The molecule has 0 fully saturated rings. The van der Waals surface area contributed by atoms with Crippen LogP contribution in [0, 0.1) is 0 Å². The van der Waals surface area contributed by atoms with Crippen LogP contribution < -0.4 is 0 Å². The lowest BCUT2D eigenvalue weighted by atomic mass is 9.81. The van der Waals surface area contributed by atoms with Gasteiger partial charge >= 0.3 is 18.0 Å². The van der Waals surface area contributed by atoms with Gasteiger partial charge in [-0.15, -0.1) is 0 Å². The second-order valence-corrected chi connectivity index (χ2v) is 7.22. The molecule has 0 aliphatic carbocycles. The zero-order chi connectivity index (χ0) is 19.9. The number of halogens is 7. The van der Waals surface area contributed by atoms with E-state index in [1.54, 1.807) is 6.07 Å². The lowest BCUT2D eigenvalue weighted by Crippen LogP contribution is -2.54. The summed E-state index contributed by atoms with van der Waals surface area (Å²) in [4.78, 5) is 0. The number of hydrogen-bond acceptors (Lipinski definition) is 1. The molecule has 0 N–H and O–H groups in total. The second-order valence-electron chi connectivity index (χ2n) is 7.22. The van der Waals surface area contributed by atoms with Crippen molar-refractivity contribution in [2.75, 3.05) is 7.11 Å². The molecule has 144 valence electrons. The van der Waals surface area contributed by atoms with Crippen LogP contribution in [0.2, 0.25) is 0 Å². The molecule has 0 saturated heterocycles. The molecule has 8 heteroatoms. The predicted molar refractivity (Wildman–Crippen MR) is 80.1 cm³/mol. The van der Waals surface area contributed by atoms with E-state index in [0.29, 0.717) is 5.56 Å². The Balaban J connectivity index is 3.33. The highest BCUT2D eigenvalue weighted by molar-refractivity contribution is 5.32. The number of methoxy groups -OCH3 is 1. The van der Waals surface area contributed by atoms with Crippen molar-refractivity contribution in [2.45, 2.75) is 63.2 Å². The molecular formula is C17H21F7O. The van der Waals surface area contributed by atoms with Crippen LogP contribution in [0.3, 0.4) is 0 Å². The van der Waals surface area contributed by atoms with Gasteiger partial charge in [0.05, 0.1) is 12.0 Å². The number of benzene rings is 1. The fourth-order valence-corrected chi connectivity index (χ4v) is 2.35. The minimum atomic E-state index is -6.36. The topological polar surface area (TPSA) is 9.23 Å². The number of rotatable bonds is 5. The minimum absolute atomic E-state index is 0.0973. The summed E-state index contributed by atoms with van der Waals surface area (Å²) in [5.41, 5.74) is -1.60. The van der Waals surface area contributed by atoms with Crippen molar-refractivity contribution in [3.8, 4) is 0 Å². The molecule has 1 aromatic carbocycles. The van der Waals surface area contributed by atoms with Gasteiger partial charge < -0.3 is 4.74 Å². The molecule has 1 unspecified atom stereocenters. The Kier molecular flexibility index (Phi) is 5.60. The van der Waals surface area contributed by atoms with Gasteiger partial charge in [-0.2, -0.15) is 30.7 Å². The van der Waals surface area contributed by atoms with Gasteiger partial charge in [-0.3, -0.25) is 0 Å². The maximum absolute atomic E-state index is 13.8. The summed E-state index contributed by atoms with van der Waals surface area (Å²) in [7, 11) is 0.992. The van der Waals surface area contributed by atoms with E-state index in [1.165, 1.54) is 18.2 Å². The summed E-state index contributed by atoms with van der Waals surface area (Å²) in [6, 6.07) is 6.07. The Hall–Kier alpha value is -1.31. The van der Waals surface area contributed by atoms with E-state index in [2.05, 4.69) is 0 Å². The van der Waals surface area contributed by atoms with E-state index in [4.69, 9.17) is 4.74 Å². The molecule has 1 atom stereocenters.